The summed E-state index contributed by atoms with van der Waals surface area (Å²) >= 11 is 2.03. The zero-order valence-corrected chi connectivity index (χ0v) is 15.8. The van der Waals surface area contributed by atoms with Crippen molar-refractivity contribution in [2.75, 3.05) is 84.1 Å². The van der Waals surface area contributed by atoms with Gasteiger partial charge in [-0.25, -0.2) is 14.8 Å². The van der Waals surface area contributed by atoms with Gasteiger partial charge < -0.3 is 14.5 Å². The molecule has 0 aromatic carbocycles. The Morgan fingerprint density at radius 3 is 2.42 bits per heavy atom. The van der Waals surface area contributed by atoms with Crippen LogP contribution in [0.1, 0.15) is 6.92 Å². The van der Waals surface area contributed by atoms with Gasteiger partial charge in [-0.15, -0.1) is 0 Å². The topological polar surface area (TPSA) is 42.5 Å². The van der Waals surface area contributed by atoms with Crippen molar-refractivity contribution in [3.8, 4) is 0 Å². The van der Waals surface area contributed by atoms with E-state index in [-0.39, 0.29) is 12.3 Å². The fourth-order valence-corrected chi connectivity index (χ4v) is 4.63. The van der Waals surface area contributed by atoms with Gasteiger partial charge in [0, 0.05) is 63.9 Å². The molecular weight excluding hydrogens is 326 g/mol. The van der Waals surface area contributed by atoms with Crippen LogP contribution in [0, 0.1) is 0 Å². The number of thioether (sulfide) groups is 1. The molecule has 0 N–H and O–H groups in total. The molecule has 138 valence electrons. The fraction of sp³-hybridized carbons (Fsp3) is 0.938. The van der Waals surface area contributed by atoms with E-state index in [9.17, 15) is 4.79 Å². The van der Waals surface area contributed by atoms with Gasteiger partial charge in [-0.3, -0.25) is 4.90 Å². The predicted molar refractivity (Wildman–Crippen MR) is 97.1 cm³/mol. The lowest BCUT2D eigenvalue weighted by Crippen LogP contribution is -2.68. The molecule has 3 rings (SSSR count). The monoisotopic (exact) mass is 357 g/mol. The maximum absolute atomic E-state index is 12.2. The van der Waals surface area contributed by atoms with Crippen molar-refractivity contribution in [3.63, 3.8) is 0 Å². The summed E-state index contributed by atoms with van der Waals surface area (Å²) in [5, 5.41) is 5.04. The molecule has 0 aromatic heterocycles. The molecule has 0 aliphatic carbocycles. The summed E-state index contributed by atoms with van der Waals surface area (Å²) in [4.78, 5) is 19.0. The van der Waals surface area contributed by atoms with Gasteiger partial charge in [0.1, 0.15) is 0 Å². The smallest absolute Gasteiger partial charge is 0.409 e. The fourth-order valence-electron chi connectivity index (χ4n) is 3.70. The van der Waals surface area contributed by atoms with Crippen LogP contribution >= 0.6 is 11.8 Å². The molecule has 3 fully saturated rings. The molecular formula is C16H31N5O2S. The molecule has 0 spiro atoms. The Hall–Kier alpha value is -0.540. The van der Waals surface area contributed by atoms with E-state index in [4.69, 9.17) is 4.74 Å². The molecule has 0 bridgehead atoms. The number of hydrazine groups is 1. The van der Waals surface area contributed by atoms with E-state index < -0.39 is 0 Å². The number of ether oxygens (including phenoxy) is 1. The van der Waals surface area contributed by atoms with E-state index in [0.29, 0.717) is 6.61 Å². The van der Waals surface area contributed by atoms with Gasteiger partial charge in [-0.05, 0) is 14.0 Å². The summed E-state index contributed by atoms with van der Waals surface area (Å²) in [5.41, 5.74) is 0. The van der Waals surface area contributed by atoms with Crippen molar-refractivity contribution >= 4 is 17.9 Å². The Morgan fingerprint density at radius 2 is 1.75 bits per heavy atom. The second kappa shape index (κ2) is 8.71. The van der Waals surface area contributed by atoms with E-state index in [1.807, 2.05) is 23.6 Å². The zero-order valence-electron chi connectivity index (χ0n) is 15.0. The molecule has 24 heavy (non-hydrogen) atoms. The summed E-state index contributed by atoms with van der Waals surface area (Å²) in [6.07, 6.45) is 0.124. The first-order chi connectivity index (χ1) is 11.7. The molecule has 1 atom stereocenters. The first-order valence-electron chi connectivity index (χ1n) is 9.12. The molecule has 0 saturated carbocycles. The minimum Gasteiger partial charge on any atom is -0.450 e. The number of piperazine rings is 2. The predicted octanol–water partition coefficient (Wildman–Crippen LogP) is 0.298. The van der Waals surface area contributed by atoms with Crippen molar-refractivity contribution in [1.82, 2.24) is 24.7 Å². The van der Waals surface area contributed by atoms with E-state index in [2.05, 4.69) is 26.9 Å². The summed E-state index contributed by atoms with van der Waals surface area (Å²) in [5.74, 6) is 2.37. The van der Waals surface area contributed by atoms with Gasteiger partial charge in [0.15, 0.2) is 0 Å². The first-order valence-corrected chi connectivity index (χ1v) is 10.3. The number of rotatable bonds is 3. The third-order valence-corrected chi connectivity index (χ3v) is 6.11. The number of carbonyl (C=O) groups excluding carboxylic acids is 1. The number of amides is 1. The highest BCUT2D eigenvalue weighted by molar-refractivity contribution is 7.99. The van der Waals surface area contributed by atoms with Crippen molar-refractivity contribution in [2.24, 2.45) is 0 Å². The van der Waals surface area contributed by atoms with Gasteiger partial charge in [-0.1, -0.05) is 0 Å². The Kier molecular flexibility index (Phi) is 6.63. The Balaban J connectivity index is 1.68. The average molecular weight is 358 g/mol. The van der Waals surface area contributed by atoms with Gasteiger partial charge in [-0.2, -0.15) is 11.8 Å². The van der Waals surface area contributed by atoms with E-state index in [1.54, 1.807) is 0 Å². The molecule has 3 aliphatic heterocycles. The molecule has 7 nitrogen and oxygen atoms in total. The number of likely N-dealkylation sites (N-methyl/N-ethyl adjacent to an activating group) is 1. The van der Waals surface area contributed by atoms with Crippen LogP contribution in [0.2, 0.25) is 0 Å². The van der Waals surface area contributed by atoms with E-state index in [0.717, 1.165) is 58.9 Å². The number of nitrogens with zero attached hydrogens (tertiary/aromatic N) is 5. The van der Waals surface area contributed by atoms with Gasteiger partial charge >= 0.3 is 6.09 Å². The standard InChI is InChI=1S/C16H31N5O2S/c1-3-23-16(22)19-6-9-21(20-7-4-17(2)5-8-20)15(14-19)18-10-12-24-13-11-18/h15H,3-14H2,1-2H3. The lowest BCUT2D eigenvalue weighted by atomic mass is 10.2. The minimum absolute atomic E-state index is 0.160. The second-order valence-electron chi connectivity index (χ2n) is 6.69. The maximum Gasteiger partial charge on any atom is 0.409 e. The van der Waals surface area contributed by atoms with Crippen molar-refractivity contribution in [1.29, 1.82) is 0 Å². The van der Waals surface area contributed by atoms with Crippen LogP contribution in [-0.2, 0) is 4.74 Å². The van der Waals surface area contributed by atoms with Crippen molar-refractivity contribution in [2.45, 2.75) is 13.1 Å². The highest BCUT2D eigenvalue weighted by Crippen LogP contribution is 2.21. The van der Waals surface area contributed by atoms with Crippen LogP contribution in [0.4, 0.5) is 4.79 Å². The molecule has 8 heteroatoms. The summed E-state index contributed by atoms with van der Waals surface area (Å²) in [6.45, 7) is 11.3. The van der Waals surface area contributed by atoms with Crippen molar-refractivity contribution < 1.29 is 9.53 Å². The van der Waals surface area contributed by atoms with Crippen LogP contribution in [0.3, 0.4) is 0 Å². The first kappa shape index (κ1) is 18.3. The second-order valence-corrected chi connectivity index (χ2v) is 7.92. The van der Waals surface area contributed by atoms with Crippen LogP contribution in [0.25, 0.3) is 0 Å². The molecule has 3 saturated heterocycles. The van der Waals surface area contributed by atoms with Crippen molar-refractivity contribution in [3.05, 3.63) is 0 Å². The summed E-state index contributed by atoms with van der Waals surface area (Å²) in [7, 11) is 2.19. The zero-order chi connectivity index (χ0) is 16.9. The van der Waals surface area contributed by atoms with Crippen LogP contribution in [0.5, 0.6) is 0 Å². The van der Waals surface area contributed by atoms with Crippen LogP contribution in [-0.4, -0.2) is 121 Å². The number of hydrogen-bond donors (Lipinski definition) is 0. The van der Waals surface area contributed by atoms with E-state index >= 15 is 0 Å². The Bertz CT molecular complexity index is 413. The number of carbonyl (C=O) groups is 1. The Labute approximate surface area is 149 Å². The lowest BCUT2D eigenvalue weighted by molar-refractivity contribution is -0.152. The van der Waals surface area contributed by atoms with Crippen LogP contribution in [0.15, 0.2) is 0 Å². The quantitative estimate of drug-likeness (QED) is 0.720. The van der Waals surface area contributed by atoms with E-state index in [1.165, 1.54) is 11.5 Å². The molecule has 1 amide bonds. The summed E-state index contributed by atoms with van der Waals surface area (Å²) in [6, 6.07) is 0. The summed E-state index contributed by atoms with van der Waals surface area (Å²) < 4.78 is 5.24. The number of hydrogen-bond acceptors (Lipinski definition) is 7. The van der Waals surface area contributed by atoms with Gasteiger partial charge in [0.05, 0.1) is 19.3 Å². The molecule has 0 aromatic rings. The van der Waals surface area contributed by atoms with Gasteiger partial charge in [0.25, 0.3) is 0 Å². The molecule has 3 heterocycles. The molecule has 0 radical (unpaired) electrons. The SMILES string of the molecule is CCOC(=O)N1CCN(N2CCN(C)CC2)C(N2CCSCC2)C1. The highest BCUT2D eigenvalue weighted by Gasteiger charge is 2.37. The largest absolute Gasteiger partial charge is 0.450 e. The van der Waals surface area contributed by atoms with Gasteiger partial charge in [0.2, 0.25) is 0 Å². The Morgan fingerprint density at radius 1 is 1.04 bits per heavy atom. The minimum atomic E-state index is -0.160. The van der Waals surface area contributed by atoms with Crippen LogP contribution < -0.4 is 0 Å². The lowest BCUT2D eigenvalue weighted by Gasteiger charge is -2.52. The third-order valence-electron chi connectivity index (χ3n) is 5.16. The normalized spacial score (nSPS) is 28.9. The maximum atomic E-state index is 12.2. The molecule has 1 unspecified atom stereocenters. The molecule has 3 aliphatic rings. The average Bonchev–Trinajstić information content (AvgIpc) is 2.63. The third kappa shape index (κ3) is 4.35. The highest BCUT2D eigenvalue weighted by atomic mass is 32.2.